The molecule has 6 rings (SSSR count). The first-order chi connectivity index (χ1) is 40.9. The zero-order valence-electron chi connectivity index (χ0n) is 50.2. The van der Waals surface area contributed by atoms with Crippen LogP contribution in [0.3, 0.4) is 0 Å². The molecule has 38 nitrogen and oxygen atoms in total. The van der Waals surface area contributed by atoms with E-state index in [9.17, 15) is 105 Å². The summed E-state index contributed by atoms with van der Waals surface area (Å²) in [5.41, 5.74) is 0. The molecule has 6 heterocycles. The van der Waals surface area contributed by atoms with Crippen LogP contribution in [0.1, 0.15) is 65.2 Å². The molecule has 6 saturated heterocycles. The fraction of sp³-hybridized carbons (Fsp3) is 0.848. The zero-order chi connectivity index (χ0) is 64.2. The molecule has 0 aliphatic carbocycles. The second-order valence-electron chi connectivity index (χ2n) is 20.8. The third-order valence-corrected chi connectivity index (χ3v) is 16.9. The first-order valence-corrected chi connectivity index (χ1v) is 30.9. The molecule has 0 aromatic carbocycles. The maximum atomic E-state index is 12.9. The third-order valence-electron chi connectivity index (χ3n) is 14.5. The molecule has 6 aliphatic heterocycles. The Labute approximate surface area is 613 Å². The van der Waals surface area contributed by atoms with E-state index in [1.807, 2.05) is 0 Å². The second-order valence-corrected chi connectivity index (χ2v) is 24.1. The Kier molecular flexibility index (Phi) is 38.1. The maximum Gasteiger partial charge on any atom is 1.00 e. The van der Waals surface area contributed by atoms with E-state index < -0.39 is 193 Å². The summed E-state index contributed by atoms with van der Waals surface area (Å²) in [6, 6.07) is -4.09. The predicted octanol–water partition coefficient (Wildman–Crippen LogP) is -23.4. The third kappa shape index (κ3) is 25.1. The number of carboxylic acid groups (broad SMARTS) is 2. The number of hydrogen-bond acceptors (Lipinski definition) is 33. The molecule has 0 bridgehead atoms. The second kappa shape index (κ2) is 40.0. The van der Waals surface area contributed by atoms with Gasteiger partial charge in [-0.25, -0.2) is 21.6 Å². The van der Waals surface area contributed by atoms with E-state index in [1.54, 1.807) is 11.8 Å². The molecular formula is C46H70N6Na4O32S3. The summed E-state index contributed by atoms with van der Waals surface area (Å²) in [5.74, 6) is -6.34. The smallest absolute Gasteiger partial charge is 0.726 e. The van der Waals surface area contributed by atoms with Gasteiger partial charge in [0, 0.05) is 50.8 Å². The van der Waals surface area contributed by atoms with Gasteiger partial charge in [0.2, 0.25) is 44.4 Å². The number of aliphatic hydroxyl groups is 7. The molecule has 0 spiro atoms. The summed E-state index contributed by atoms with van der Waals surface area (Å²) >= 11 is 1.80. The molecule has 0 saturated carbocycles. The summed E-state index contributed by atoms with van der Waals surface area (Å²) in [6.45, 7) is -1.23. The van der Waals surface area contributed by atoms with Gasteiger partial charge in [-0.15, -0.1) is 0 Å². The number of hydrogen-bond donors (Lipinski definition) is 13. The Morgan fingerprint density at radius 2 is 1.05 bits per heavy atom. The van der Waals surface area contributed by atoms with Gasteiger partial charge in [-0.2, -0.15) is 11.8 Å². The van der Waals surface area contributed by atoms with Gasteiger partial charge in [-0.05, 0) is 25.7 Å². The number of urea groups is 1. The molecule has 23 atom stereocenters. The number of carbonyl (C=O) groups is 7. The number of nitrogens with one attached hydrogen (secondary N) is 6. The van der Waals surface area contributed by atoms with Gasteiger partial charge in [0.25, 0.3) is 0 Å². The van der Waals surface area contributed by atoms with Crippen LogP contribution in [-0.2, 0) is 95.8 Å². The molecule has 0 aromatic heterocycles. The average molecular weight is 1410 g/mol. The molecule has 6 fully saturated rings. The first-order valence-electron chi connectivity index (χ1n) is 27.2. The number of unbranched alkanes of at least 4 members (excludes halogenated alkanes) is 3. The van der Waals surface area contributed by atoms with E-state index in [1.165, 1.54) is 0 Å². The van der Waals surface area contributed by atoms with Crippen molar-refractivity contribution < 1.29 is 270 Å². The van der Waals surface area contributed by atoms with Gasteiger partial charge >= 0.3 is 124 Å². The van der Waals surface area contributed by atoms with Crippen LogP contribution in [0.4, 0.5) is 4.79 Å². The number of aliphatic hydroxyl groups excluding tert-OH is 7. The standard InChI is InChI=1S/C46H74N6O32S3.4Na/c1-17(55)49-26-35(33(83-86(69,70)71)20(14-53)76-42(26)75-13-12-48-24(58)9-4-3-7-11-47-23(57)10-6-5-8-22-25-19(16-85-22)51-46(68)52-25)78-45-32(63)30(61)37(39(82-45)41(66)67)80-43-27(50-18(2)56)36(34(21(15-54)77-43)84-87(72,73)74)79-44-31(62)28(59)29(60)38(81-44)40(64)65;;;;/h19-22,25-39,42-45,53-54,59-63H,3-16H2,1-2H3,(H,47,57)(H,48,58)(H,49,55)(H,50,56)(H,64,65)(H,66,67)(H2,51,52,68)(H,69,70,71)(H,72,73,74);;;;/q;4*+1/p-4/t19-,20+,21+,22-,25-,26+,27+,28-,29-,30+,31+,32+,33-,34-,35+,36+,37-,38-,39-,42+,43-,44+,45+;;;;/m0..../s1. The van der Waals surface area contributed by atoms with E-state index in [-0.39, 0.29) is 160 Å². The Morgan fingerprint density at radius 1 is 0.582 bits per heavy atom. The monoisotopic (exact) mass is 1410 g/mol. The minimum absolute atomic E-state index is 0. The Bertz CT molecular complexity index is 2620. The van der Waals surface area contributed by atoms with Crippen molar-refractivity contribution >= 4 is 74.2 Å². The largest absolute Gasteiger partial charge is 1.00 e. The minimum Gasteiger partial charge on any atom is -0.726 e. The summed E-state index contributed by atoms with van der Waals surface area (Å²) < 4.78 is 126. The number of aliphatic carboxylic acids is 2. The van der Waals surface area contributed by atoms with Crippen LogP contribution >= 0.6 is 11.8 Å². The van der Waals surface area contributed by atoms with Crippen molar-refractivity contribution in [2.75, 3.05) is 38.7 Å². The van der Waals surface area contributed by atoms with Crippen LogP contribution in [0.5, 0.6) is 0 Å². The molecule has 498 valence electrons. The molecule has 13 N–H and O–H groups in total. The fourth-order valence-electron chi connectivity index (χ4n) is 10.5. The number of thioether (sulfide) groups is 1. The Balaban J connectivity index is 0.00000705. The van der Waals surface area contributed by atoms with Gasteiger partial charge in [0.1, 0.15) is 97.5 Å². The number of carbonyl (C=O) groups excluding carboxylic acids is 7. The zero-order valence-corrected chi connectivity index (χ0v) is 60.7. The molecule has 0 aromatic rings. The Hall–Kier alpha value is -0.420. The van der Waals surface area contributed by atoms with E-state index >= 15 is 0 Å². The molecule has 0 radical (unpaired) electrons. The van der Waals surface area contributed by atoms with Crippen LogP contribution in [0.15, 0.2) is 0 Å². The van der Waals surface area contributed by atoms with Crippen molar-refractivity contribution in [1.29, 1.82) is 0 Å². The van der Waals surface area contributed by atoms with Crippen molar-refractivity contribution in [2.45, 2.75) is 205 Å². The van der Waals surface area contributed by atoms with Crippen molar-refractivity contribution in [3.8, 4) is 0 Å². The SMILES string of the molecule is CC(=O)N[C@H]1[C@H](O[C@H]2[C@H](O)[C@@H](O)[C@H](O[C@@H]3[C@@H](NC(C)=O)[C@H](OCCNC(=O)CCCCCNC(=O)CCCC[C@@H]4SC[C@@H]5NC(=O)N[C@@H]54)O[C@H](CO)[C@@H]3OS(=O)(=O)[O-])O[C@@H]2C(=O)[O-])O[C@H](CO)[C@H](OS(=O)(=O)[O-])[C@@H]1O[C@@H]1O[C@H](C(=O)[O-])[C@@H](O)[C@H](O)[C@H]1O.[Na+].[Na+].[Na+].[Na+]. The van der Waals surface area contributed by atoms with Gasteiger partial charge < -0.3 is 134 Å². The first kappa shape index (κ1) is 86.7. The number of ether oxygens (including phenoxy) is 8. The summed E-state index contributed by atoms with van der Waals surface area (Å²) in [6.07, 6.45) is -39.1. The molecule has 91 heavy (non-hydrogen) atoms. The number of amides is 6. The fourth-order valence-corrected chi connectivity index (χ4v) is 13.1. The van der Waals surface area contributed by atoms with E-state index in [4.69, 9.17) is 37.9 Å². The van der Waals surface area contributed by atoms with Crippen molar-refractivity contribution in [2.24, 2.45) is 0 Å². The van der Waals surface area contributed by atoms with Gasteiger partial charge in [0.05, 0.1) is 43.8 Å². The van der Waals surface area contributed by atoms with Crippen LogP contribution < -0.4 is 160 Å². The van der Waals surface area contributed by atoms with E-state index in [0.29, 0.717) is 38.6 Å². The average Bonchev–Trinajstić information content (AvgIpc) is 1.55. The topological polar surface area (TPSA) is 586 Å². The van der Waals surface area contributed by atoms with E-state index in [0.717, 1.165) is 32.4 Å². The normalized spacial score (nSPS) is 35.4. The van der Waals surface area contributed by atoms with E-state index in [2.05, 4.69) is 40.3 Å². The maximum absolute atomic E-state index is 12.9. The van der Waals surface area contributed by atoms with Gasteiger partial charge in [0.15, 0.2) is 25.2 Å². The van der Waals surface area contributed by atoms with Crippen LogP contribution in [-0.4, -0.2) is 282 Å². The molecule has 45 heteroatoms. The minimum atomic E-state index is -5.91. The van der Waals surface area contributed by atoms with Crippen LogP contribution in [0, 0.1) is 0 Å². The number of carboxylic acids is 2. The predicted molar refractivity (Wildman–Crippen MR) is 272 cm³/mol. The number of rotatable bonds is 31. The Morgan fingerprint density at radius 3 is 1.56 bits per heavy atom. The number of fused-ring (bicyclic) bond motifs is 1. The summed E-state index contributed by atoms with van der Waals surface area (Å²) in [5, 5.41) is 116. The molecular weight excluding hydrogens is 1340 g/mol. The quantitative estimate of drug-likeness (QED) is 0.0101. The molecule has 6 amide bonds. The summed E-state index contributed by atoms with van der Waals surface area (Å²) in [4.78, 5) is 86.7. The van der Waals surface area contributed by atoms with Crippen molar-refractivity contribution in [3.05, 3.63) is 0 Å². The molecule has 6 aliphatic rings. The van der Waals surface area contributed by atoms with Crippen molar-refractivity contribution in [1.82, 2.24) is 31.9 Å². The summed E-state index contributed by atoms with van der Waals surface area (Å²) in [7, 11) is -11.8. The molecule has 0 unspecified atom stereocenters. The van der Waals surface area contributed by atoms with Gasteiger partial charge in [-0.1, -0.05) is 12.8 Å². The van der Waals surface area contributed by atoms with Crippen LogP contribution in [0.25, 0.3) is 0 Å². The van der Waals surface area contributed by atoms with Crippen LogP contribution in [0.2, 0.25) is 0 Å². The van der Waals surface area contributed by atoms with Crippen molar-refractivity contribution in [3.63, 3.8) is 0 Å². The van der Waals surface area contributed by atoms with Gasteiger partial charge in [-0.3, -0.25) is 27.5 Å².